The Kier molecular flexibility index (Phi) is 7.69. The zero-order valence-electron chi connectivity index (χ0n) is 15.8. The summed E-state index contributed by atoms with van der Waals surface area (Å²) in [6.07, 6.45) is 4.30. The van der Waals surface area contributed by atoms with Crippen molar-refractivity contribution in [1.82, 2.24) is 14.7 Å². The molecule has 0 atom stereocenters. The summed E-state index contributed by atoms with van der Waals surface area (Å²) in [7, 11) is 2.19. The third-order valence-corrected chi connectivity index (χ3v) is 5.65. The van der Waals surface area contributed by atoms with Gasteiger partial charge in [-0.15, -0.1) is 0 Å². The van der Waals surface area contributed by atoms with Crippen molar-refractivity contribution in [1.29, 1.82) is 0 Å². The molecule has 2 aliphatic rings. The van der Waals surface area contributed by atoms with Crippen molar-refractivity contribution in [2.24, 2.45) is 11.8 Å². The predicted octanol–water partition coefficient (Wildman–Crippen LogP) is 1.87. The van der Waals surface area contributed by atoms with E-state index in [9.17, 15) is 9.59 Å². The number of amides is 1. The molecule has 2 heterocycles. The van der Waals surface area contributed by atoms with Crippen LogP contribution >= 0.6 is 0 Å². The van der Waals surface area contributed by atoms with Gasteiger partial charge in [0.15, 0.2) is 0 Å². The lowest BCUT2D eigenvalue weighted by Gasteiger charge is -2.35. The second-order valence-corrected chi connectivity index (χ2v) is 7.88. The molecule has 5 nitrogen and oxygen atoms in total. The minimum Gasteiger partial charge on any atom is -0.343 e. The van der Waals surface area contributed by atoms with E-state index in [1.165, 1.54) is 39.1 Å². The molecule has 0 N–H and O–H groups in total. The summed E-state index contributed by atoms with van der Waals surface area (Å²) < 4.78 is 0. The van der Waals surface area contributed by atoms with Gasteiger partial charge in [0.2, 0.25) is 5.91 Å². The maximum atomic E-state index is 12.2. The van der Waals surface area contributed by atoms with Crippen LogP contribution < -0.4 is 0 Å². The summed E-state index contributed by atoms with van der Waals surface area (Å²) in [6, 6.07) is 0. The van der Waals surface area contributed by atoms with Crippen LogP contribution in [-0.4, -0.2) is 79.3 Å². The van der Waals surface area contributed by atoms with Crippen molar-refractivity contribution in [3.05, 3.63) is 0 Å². The standard InChI is InChI=1S/C19H35N3O2/c1-16(2)18(23)4-5-19(24)22-10-7-17(8-11-22)6-9-21-14-12-20(3)13-15-21/h16-17H,4-15H2,1-3H3. The smallest absolute Gasteiger partial charge is 0.223 e. The van der Waals surface area contributed by atoms with Crippen molar-refractivity contribution in [3.63, 3.8) is 0 Å². The Bertz CT molecular complexity index is 409. The second kappa shape index (κ2) is 9.52. The molecule has 0 spiro atoms. The van der Waals surface area contributed by atoms with Gasteiger partial charge in [0.1, 0.15) is 5.78 Å². The van der Waals surface area contributed by atoms with Gasteiger partial charge in [0.05, 0.1) is 0 Å². The molecule has 0 saturated carbocycles. The van der Waals surface area contributed by atoms with E-state index >= 15 is 0 Å². The van der Waals surface area contributed by atoms with Gasteiger partial charge in [-0.05, 0) is 38.8 Å². The average molecular weight is 338 g/mol. The largest absolute Gasteiger partial charge is 0.343 e. The van der Waals surface area contributed by atoms with E-state index < -0.39 is 0 Å². The lowest BCUT2D eigenvalue weighted by atomic mass is 9.93. The number of hydrogen-bond acceptors (Lipinski definition) is 4. The highest BCUT2D eigenvalue weighted by molar-refractivity contribution is 5.86. The fourth-order valence-corrected chi connectivity index (χ4v) is 3.58. The van der Waals surface area contributed by atoms with Crippen molar-refractivity contribution in [3.8, 4) is 0 Å². The summed E-state index contributed by atoms with van der Waals surface area (Å²) in [4.78, 5) is 30.8. The quantitative estimate of drug-likeness (QED) is 0.711. The molecular formula is C19H35N3O2. The van der Waals surface area contributed by atoms with Gasteiger partial charge in [-0.25, -0.2) is 0 Å². The van der Waals surface area contributed by atoms with Crippen LogP contribution in [0.3, 0.4) is 0 Å². The van der Waals surface area contributed by atoms with Crippen molar-refractivity contribution >= 4 is 11.7 Å². The Morgan fingerprint density at radius 3 is 2.17 bits per heavy atom. The molecule has 0 bridgehead atoms. The third kappa shape index (κ3) is 6.17. The van der Waals surface area contributed by atoms with Crippen molar-refractivity contribution in [2.75, 3.05) is 52.9 Å². The molecule has 138 valence electrons. The number of piperazine rings is 1. The van der Waals surface area contributed by atoms with E-state index in [1.807, 2.05) is 18.7 Å². The van der Waals surface area contributed by atoms with Crippen LogP contribution in [0.2, 0.25) is 0 Å². The summed E-state index contributed by atoms with van der Waals surface area (Å²) >= 11 is 0. The Labute approximate surface area is 147 Å². The number of hydrogen-bond donors (Lipinski definition) is 0. The first-order valence-electron chi connectivity index (χ1n) is 9.67. The molecule has 0 unspecified atom stereocenters. The molecule has 0 radical (unpaired) electrons. The number of ketones is 1. The van der Waals surface area contributed by atoms with Gasteiger partial charge in [-0.2, -0.15) is 0 Å². The predicted molar refractivity (Wildman–Crippen MR) is 96.9 cm³/mol. The number of piperidine rings is 1. The lowest BCUT2D eigenvalue weighted by molar-refractivity contribution is -0.135. The Morgan fingerprint density at radius 2 is 1.58 bits per heavy atom. The van der Waals surface area contributed by atoms with E-state index in [4.69, 9.17) is 0 Å². The molecule has 0 aromatic rings. The number of rotatable bonds is 7. The Balaban J connectivity index is 1.60. The SMILES string of the molecule is CC(C)C(=O)CCC(=O)N1CCC(CCN2CCN(C)CC2)CC1. The second-order valence-electron chi connectivity index (χ2n) is 7.88. The third-order valence-electron chi connectivity index (χ3n) is 5.65. The zero-order chi connectivity index (χ0) is 17.5. The van der Waals surface area contributed by atoms with Crippen LogP contribution in [0.25, 0.3) is 0 Å². The molecule has 2 saturated heterocycles. The monoisotopic (exact) mass is 337 g/mol. The number of likely N-dealkylation sites (tertiary alicyclic amines) is 1. The Morgan fingerprint density at radius 1 is 0.958 bits per heavy atom. The van der Waals surface area contributed by atoms with Gasteiger partial charge in [-0.3, -0.25) is 9.59 Å². The highest BCUT2D eigenvalue weighted by atomic mass is 16.2. The van der Waals surface area contributed by atoms with Gasteiger partial charge < -0.3 is 14.7 Å². The first kappa shape index (κ1) is 19.4. The van der Waals surface area contributed by atoms with Crippen LogP contribution in [0.1, 0.15) is 46.0 Å². The minimum atomic E-state index is 0.0399. The molecule has 2 aliphatic heterocycles. The fraction of sp³-hybridized carbons (Fsp3) is 0.895. The van der Waals surface area contributed by atoms with E-state index in [2.05, 4.69) is 16.8 Å². The van der Waals surface area contributed by atoms with Gasteiger partial charge in [-0.1, -0.05) is 13.8 Å². The topological polar surface area (TPSA) is 43.9 Å². The Hall–Kier alpha value is -0.940. The molecule has 24 heavy (non-hydrogen) atoms. The number of Topliss-reactive ketones (excluding diaryl/α,β-unsaturated/α-hetero) is 1. The fourth-order valence-electron chi connectivity index (χ4n) is 3.58. The van der Waals surface area contributed by atoms with Crippen LogP contribution in [0.4, 0.5) is 0 Å². The summed E-state index contributed by atoms with van der Waals surface area (Å²) in [5.41, 5.74) is 0. The molecule has 5 heteroatoms. The summed E-state index contributed by atoms with van der Waals surface area (Å²) in [6.45, 7) is 11.5. The molecular weight excluding hydrogens is 302 g/mol. The normalized spacial score (nSPS) is 21.4. The van der Waals surface area contributed by atoms with Crippen LogP contribution in [-0.2, 0) is 9.59 Å². The van der Waals surface area contributed by atoms with Crippen LogP contribution in [0.15, 0.2) is 0 Å². The van der Waals surface area contributed by atoms with Crippen LogP contribution in [0, 0.1) is 11.8 Å². The molecule has 1 amide bonds. The van der Waals surface area contributed by atoms with Crippen LogP contribution in [0.5, 0.6) is 0 Å². The zero-order valence-corrected chi connectivity index (χ0v) is 15.8. The van der Waals surface area contributed by atoms with E-state index in [-0.39, 0.29) is 17.6 Å². The molecule has 0 aromatic heterocycles. The van der Waals surface area contributed by atoms with Gasteiger partial charge in [0.25, 0.3) is 0 Å². The van der Waals surface area contributed by atoms with Crippen molar-refractivity contribution in [2.45, 2.75) is 46.0 Å². The van der Waals surface area contributed by atoms with E-state index in [0.717, 1.165) is 31.8 Å². The number of carbonyl (C=O) groups excluding carboxylic acids is 2. The summed E-state index contributed by atoms with van der Waals surface area (Å²) in [5, 5.41) is 0. The van der Waals surface area contributed by atoms with Crippen molar-refractivity contribution < 1.29 is 9.59 Å². The van der Waals surface area contributed by atoms with Gasteiger partial charge in [0, 0.05) is 58.0 Å². The maximum Gasteiger partial charge on any atom is 0.223 e. The molecule has 0 aromatic carbocycles. The van der Waals surface area contributed by atoms with Gasteiger partial charge >= 0.3 is 0 Å². The first-order valence-corrected chi connectivity index (χ1v) is 9.67. The molecule has 2 rings (SSSR count). The number of likely N-dealkylation sites (N-methyl/N-ethyl adjacent to an activating group) is 1. The average Bonchev–Trinajstić information content (AvgIpc) is 2.59. The lowest BCUT2D eigenvalue weighted by Crippen LogP contribution is -2.45. The minimum absolute atomic E-state index is 0.0399. The molecule has 2 fully saturated rings. The number of nitrogens with zero attached hydrogens (tertiary/aromatic N) is 3. The van der Waals surface area contributed by atoms with E-state index in [0.29, 0.717) is 12.8 Å². The van der Waals surface area contributed by atoms with E-state index in [1.54, 1.807) is 0 Å². The summed E-state index contributed by atoms with van der Waals surface area (Å²) in [5.74, 6) is 1.16. The highest BCUT2D eigenvalue weighted by Crippen LogP contribution is 2.22. The highest BCUT2D eigenvalue weighted by Gasteiger charge is 2.24. The first-order chi connectivity index (χ1) is 11.5. The molecule has 0 aliphatic carbocycles. The maximum absolute atomic E-state index is 12.2. The number of carbonyl (C=O) groups is 2.